The van der Waals surface area contributed by atoms with Gasteiger partial charge in [0.25, 0.3) is 5.56 Å². The first-order chi connectivity index (χ1) is 10.6. The van der Waals surface area contributed by atoms with Crippen LogP contribution in [0.1, 0.15) is 24.4 Å². The summed E-state index contributed by atoms with van der Waals surface area (Å²) in [4.78, 5) is 24.3. The van der Waals surface area contributed by atoms with Gasteiger partial charge in [-0.15, -0.1) is 4.73 Å². The summed E-state index contributed by atoms with van der Waals surface area (Å²) in [6.07, 6.45) is 3.03. The molecule has 3 heterocycles. The standard InChI is InChI=1S/C15H15N5O2/c1-9(11-5-3-4-6-16-11)19-12-7-13(21)20(22)15-14(12)10(2)17-8-18-15/h3-9,19,22H,1-2H3. The van der Waals surface area contributed by atoms with Gasteiger partial charge in [-0.25, -0.2) is 9.97 Å². The lowest BCUT2D eigenvalue weighted by Crippen LogP contribution is -2.20. The van der Waals surface area contributed by atoms with Crippen molar-refractivity contribution in [1.29, 1.82) is 0 Å². The highest BCUT2D eigenvalue weighted by molar-refractivity contribution is 5.90. The first-order valence-electron chi connectivity index (χ1n) is 6.82. The summed E-state index contributed by atoms with van der Waals surface area (Å²) in [6.45, 7) is 3.74. The highest BCUT2D eigenvalue weighted by Gasteiger charge is 2.15. The molecule has 0 aliphatic rings. The van der Waals surface area contributed by atoms with E-state index in [4.69, 9.17) is 0 Å². The minimum absolute atomic E-state index is 0.113. The van der Waals surface area contributed by atoms with Gasteiger partial charge in [0.1, 0.15) is 6.33 Å². The van der Waals surface area contributed by atoms with Gasteiger partial charge in [-0.05, 0) is 26.0 Å². The quantitative estimate of drug-likeness (QED) is 0.717. The zero-order valence-electron chi connectivity index (χ0n) is 12.2. The molecule has 0 fully saturated rings. The van der Waals surface area contributed by atoms with Crippen molar-refractivity contribution in [2.45, 2.75) is 19.9 Å². The van der Waals surface area contributed by atoms with Gasteiger partial charge < -0.3 is 10.5 Å². The van der Waals surface area contributed by atoms with Gasteiger partial charge in [-0.2, -0.15) is 0 Å². The molecule has 0 bridgehead atoms. The Balaban J connectivity index is 2.11. The van der Waals surface area contributed by atoms with Crippen molar-refractivity contribution in [2.24, 2.45) is 0 Å². The molecule has 112 valence electrons. The summed E-state index contributed by atoms with van der Waals surface area (Å²) in [7, 11) is 0. The number of hydrogen-bond acceptors (Lipinski definition) is 6. The summed E-state index contributed by atoms with van der Waals surface area (Å²) >= 11 is 0. The van der Waals surface area contributed by atoms with E-state index in [2.05, 4.69) is 20.3 Å². The first-order valence-corrected chi connectivity index (χ1v) is 6.82. The van der Waals surface area contributed by atoms with Crippen molar-refractivity contribution < 1.29 is 5.21 Å². The number of nitrogens with one attached hydrogen (secondary N) is 1. The van der Waals surface area contributed by atoms with Gasteiger partial charge in [0, 0.05) is 12.3 Å². The Morgan fingerprint density at radius 2 is 2.09 bits per heavy atom. The molecule has 22 heavy (non-hydrogen) atoms. The minimum Gasteiger partial charge on any atom is -0.423 e. The van der Waals surface area contributed by atoms with Gasteiger partial charge in [-0.3, -0.25) is 9.78 Å². The van der Waals surface area contributed by atoms with E-state index < -0.39 is 5.56 Å². The summed E-state index contributed by atoms with van der Waals surface area (Å²) in [5.41, 5.74) is 1.71. The molecule has 0 saturated heterocycles. The van der Waals surface area contributed by atoms with Gasteiger partial charge in [0.15, 0.2) is 5.65 Å². The lowest BCUT2D eigenvalue weighted by Gasteiger charge is -2.17. The van der Waals surface area contributed by atoms with E-state index >= 15 is 0 Å². The SMILES string of the molecule is Cc1ncnc2c1c(NC(C)c1ccccn1)cc(=O)n2O. The fourth-order valence-corrected chi connectivity index (χ4v) is 2.35. The number of hydrogen-bond donors (Lipinski definition) is 2. The third-order valence-corrected chi connectivity index (χ3v) is 3.47. The van der Waals surface area contributed by atoms with Gasteiger partial charge in [0.2, 0.25) is 0 Å². The maximum Gasteiger partial charge on any atom is 0.286 e. The lowest BCUT2D eigenvalue weighted by molar-refractivity contribution is 0.186. The zero-order chi connectivity index (χ0) is 15.7. The van der Waals surface area contributed by atoms with E-state index in [0.29, 0.717) is 21.5 Å². The normalized spacial score (nSPS) is 12.3. The highest BCUT2D eigenvalue weighted by atomic mass is 16.5. The molecular formula is C15H15N5O2. The van der Waals surface area contributed by atoms with E-state index in [9.17, 15) is 10.0 Å². The Kier molecular flexibility index (Phi) is 3.46. The molecule has 0 saturated carbocycles. The van der Waals surface area contributed by atoms with Crippen LogP contribution in [-0.4, -0.2) is 24.9 Å². The summed E-state index contributed by atoms with van der Waals surface area (Å²) in [5, 5.41) is 13.7. The van der Waals surface area contributed by atoms with Crippen molar-refractivity contribution in [3.05, 3.63) is 58.5 Å². The molecule has 2 N–H and O–H groups in total. The summed E-state index contributed by atoms with van der Waals surface area (Å²) in [6, 6.07) is 6.86. The minimum atomic E-state index is -0.554. The molecule has 7 heteroatoms. The van der Waals surface area contributed by atoms with Crippen LogP contribution in [0.3, 0.4) is 0 Å². The van der Waals surface area contributed by atoms with Crippen LogP contribution in [0.2, 0.25) is 0 Å². The summed E-state index contributed by atoms with van der Waals surface area (Å²) in [5.74, 6) is 0. The van der Waals surface area contributed by atoms with Crippen molar-refractivity contribution in [3.63, 3.8) is 0 Å². The monoisotopic (exact) mass is 297 g/mol. The number of rotatable bonds is 3. The van der Waals surface area contributed by atoms with Crippen LogP contribution in [0, 0.1) is 6.92 Å². The second-order valence-corrected chi connectivity index (χ2v) is 4.99. The van der Waals surface area contributed by atoms with Crippen LogP contribution < -0.4 is 10.9 Å². The summed E-state index contributed by atoms with van der Waals surface area (Å²) < 4.78 is 0.528. The van der Waals surface area contributed by atoms with Crippen LogP contribution in [-0.2, 0) is 0 Å². The molecule has 0 aliphatic carbocycles. The van der Waals surface area contributed by atoms with E-state index in [1.54, 1.807) is 13.1 Å². The molecule has 0 spiro atoms. The number of nitrogens with zero attached hydrogens (tertiary/aromatic N) is 4. The lowest BCUT2D eigenvalue weighted by atomic mass is 10.1. The van der Waals surface area contributed by atoms with Gasteiger partial charge in [-0.1, -0.05) is 6.07 Å². The third-order valence-electron chi connectivity index (χ3n) is 3.47. The Morgan fingerprint density at radius 1 is 1.27 bits per heavy atom. The van der Waals surface area contributed by atoms with Crippen molar-refractivity contribution in [3.8, 4) is 0 Å². The second kappa shape index (κ2) is 5.44. The average molecular weight is 297 g/mol. The number of fused-ring (bicyclic) bond motifs is 1. The predicted octanol–water partition coefficient (Wildman–Crippen LogP) is 1.91. The molecule has 1 atom stereocenters. The number of pyridine rings is 2. The maximum absolute atomic E-state index is 11.9. The molecule has 0 aliphatic heterocycles. The van der Waals surface area contributed by atoms with Crippen LogP contribution in [0.25, 0.3) is 11.0 Å². The molecule has 0 radical (unpaired) electrons. The molecule has 0 aromatic carbocycles. The maximum atomic E-state index is 11.9. The highest BCUT2D eigenvalue weighted by Crippen LogP contribution is 2.25. The molecule has 0 amide bonds. The smallest absolute Gasteiger partial charge is 0.286 e. The average Bonchev–Trinajstić information content (AvgIpc) is 2.53. The fourth-order valence-electron chi connectivity index (χ4n) is 2.35. The largest absolute Gasteiger partial charge is 0.423 e. The Hall–Kier alpha value is -2.96. The Labute approximate surface area is 126 Å². The van der Waals surface area contributed by atoms with Crippen LogP contribution in [0.5, 0.6) is 0 Å². The Morgan fingerprint density at radius 3 is 2.82 bits per heavy atom. The van der Waals surface area contributed by atoms with Crippen molar-refractivity contribution in [1.82, 2.24) is 19.7 Å². The molecule has 3 aromatic heterocycles. The molecular weight excluding hydrogens is 282 g/mol. The van der Waals surface area contributed by atoms with E-state index in [1.165, 1.54) is 12.4 Å². The molecule has 3 aromatic rings. The van der Waals surface area contributed by atoms with E-state index in [-0.39, 0.29) is 11.7 Å². The first kappa shape index (κ1) is 14.0. The predicted molar refractivity (Wildman–Crippen MR) is 82.0 cm³/mol. The Bertz CT molecular complexity index is 876. The molecule has 3 rings (SSSR count). The van der Waals surface area contributed by atoms with Crippen LogP contribution >= 0.6 is 0 Å². The van der Waals surface area contributed by atoms with Crippen LogP contribution in [0.15, 0.2) is 41.6 Å². The second-order valence-electron chi connectivity index (χ2n) is 4.99. The van der Waals surface area contributed by atoms with Crippen molar-refractivity contribution >= 4 is 16.7 Å². The van der Waals surface area contributed by atoms with Gasteiger partial charge in [0.05, 0.1) is 28.5 Å². The van der Waals surface area contributed by atoms with E-state index in [1.807, 2.05) is 25.1 Å². The number of aryl methyl sites for hydroxylation is 1. The van der Waals surface area contributed by atoms with Crippen molar-refractivity contribution in [2.75, 3.05) is 5.32 Å². The fraction of sp³-hybridized carbons (Fsp3) is 0.200. The molecule has 1 unspecified atom stereocenters. The number of anilines is 1. The van der Waals surface area contributed by atoms with Crippen LogP contribution in [0.4, 0.5) is 5.69 Å². The van der Waals surface area contributed by atoms with Gasteiger partial charge >= 0.3 is 0 Å². The zero-order valence-corrected chi connectivity index (χ0v) is 12.2. The van der Waals surface area contributed by atoms with E-state index in [0.717, 1.165) is 5.69 Å². The molecule has 7 nitrogen and oxygen atoms in total. The number of aromatic nitrogens is 4. The topological polar surface area (TPSA) is 92.9 Å². The third kappa shape index (κ3) is 2.37.